The Bertz CT molecular complexity index is 485. The van der Waals surface area contributed by atoms with Gasteiger partial charge in [-0.15, -0.1) is 0 Å². The summed E-state index contributed by atoms with van der Waals surface area (Å²) >= 11 is 0. The van der Waals surface area contributed by atoms with E-state index in [1.165, 1.54) is 6.07 Å². The molecular formula is C13H13F2NO2. The standard InChI is InChI=1S/C13H13F2NO2/c1-9(11-7-4-8-17-11)16-10-5-2-3-6-12(10)18-13(14)15/h2-9,13,16H,1H3. The Hall–Kier alpha value is -2.04. The van der Waals surface area contributed by atoms with Crippen LogP contribution in [0.15, 0.2) is 47.1 Å². The normalized spacial score (nSPS) is 12.4. The quantitative estimate of drug-likeness (QED) is 0.872. The van der Waals surface area contributed by atoms with Gasteiger partial charge in [0.2, 0.25) is 0 Å². The van der Waals surface area contributed by atoms with E-state index in [-0.39, 0.29) is 11.8 Å². The highest BCUT2D eigenvalue weighted by atomic mass is 19.3. The molecule has 1 aromatic carbocycles. The van der Waals surface area contributed by atoms with Crippen molar-refractivity contribution in [3.05, 3.63) is 48.4 Å². The molecular weight excluding hydrogens is 240 g/mol. The van der Waals surface area contributed by atoms with E-state index >= 15 is 0 Å². The van der Waals surface area contributed by atoms with Crippen LogP contribution in [0.2, 0.25) is 0 Å². The number of para-hydroxylation sites is 2. The number of benzene rings is 1. The fourth-order valence-corrected chi connectivity index (χ4v) is 1.63. The summed E-state index contributed by atoms with van der Waals surface area (Å²) in [6.07, 6.45) is 1.56. The molecule has 96 valence electrons. The number of nitrogens with one attached hydrogen (secondary N) is 1. The van der Waals surface area contributed by atoms with Gasteiger partial charge in [0.25, 0.3) is 0 Å². The maximum absolute atomic E-state index is 12.2. The Kier molecular flexibility index (Phi) is 3.82. The van der Waals surface area contributed by atoms with Gasteiger partial charge >= 0.3 is 6.61 Å². The van der Waals surface area contributed by atoms with Crippen LogP contribution in [-0.2, 0) is 0 Å². The number of ether oxygens (including phenoxy) is 1. The first-order valence-corrected chi connectivity index (χ1v) is 5.50. The molecule has 0 saturated heterocycles. The van der Waals surface area contributed by atoms with Gasteiger partial charge in [-0.2, -0.15) is 8.78 Å². The lowest BCUT2D eigenvalue weighted by Gasteiger charge is -2.16. The monoisotopic (exact) mass is 253 g/mol. The summed E-state index contributed by atoms with van der Waals surface area (Å²) < 4.78 is 34.2. The molecule has 2 rings (SSSR count). The van der Waals surface area contributed by atoms with E-state index in [1.807, 2.05) is 13.0 Å². The van der Waals surface area contributed by atoms with Crippen LogP contribution in [0.4, 0.5) is 14.5 Å². The summed E-state index contributed by atoms with van der Waals surface area (Å²) in [6, 6.07) is 10.0. The van der Waals surface area contributed by atoms with Crippen molar-refractivity contribution in [2.24, 2.45) is 0 Å². The third kappa shape index (κ3) is 3.00. The first-order valence-electron chi connectivity index (χ1n) is 5.50. The Morgan fingerprint density at radius 3 is 2.61 bits per heavy atom. The lowest BCUT2D eigenvalue weighted by atomic mass is 10.2. The van der Waals surface area contributed by atoms with E-state index in [0.29, 0.717) is 5.69 Å². The van der Waals surface area contributed by atoms with Crippen molar-refractivity contribution in [2.45, 2.75) is 19.6 Å². The van der Waals surface area contributed by atoms with Crippen LogP contribution in [-0.4, -0.2) is 6.61 Å². The van der Waals surface area contributed by atoms with Gasteiger partial charge < -0.3 is 14.5 Å². The van der Waals surface area contributed by atoms with E-state index < -0.39 is 6.61 Å². The first-order chi connectivity index (χ1) is 8.66. The van der Waals surface area contributed by atoms with E-state index in [1.54, 1.807) is 30.5 Å². The molecule has 0 aliphatic carbocycles. The molecule has 3 nitrogen and oxygen atoms in total. The van der Waals surface area contributed by atoms with Crippen LogP contribution in [0.3, 0.4) is 0 Å². The Balaban J connectivity index is 2.13. The van der Waals surface area contributed by atoms with Gasteiger partial charge in [0.15, 0.2) is 0 Å². The molecule has 5 heteroatoms. The van der Waals surface area contributed by atoms with Gasteiger partial charge in [-0.3, -0.25) is 0 Å². The number of hydrogen-bond acceptors (Lipinski definition) is 3. The lowest BCUT2D eigenvalue weighted by molar-refractivity contribution is -0.0493. The number of furan rings is 1. The highest BCUT2D eigenvalue weighted by molar-refractivity contribution is 5.57. The van der Waals surface area contributed by atoms with E-state index in [4.69, 9.17) is 4.42 Å². The highest BCUT2D eigenvalue weighted by Crippen LogP contribution is 2.29. The maximum atomic E-state index is 12.2. The zero-order chi connectivity index (χ0) is 13.0. The second kappa shape index (κ2) is 5.53. The minimum absolute atomic E-state index is 0.117. The molecule has 0 amide bonds. The SMILES string of the molecule is CC(Nc1ccccc1OC(F)F)c1ccco1. The lowest BCUT2D eigenvalue weighted by Crippen LogP contribution is -2.09. The van der Waals surface area contributed by atoms with Crippen molar-refractivity contribution >= 4 is 5.69 Å². The molecule has 0 radical (unpaired) electrons. The molecule has 1 atom stereocenters. The molecule has 18 heavy (non-hydrogen) atoms. The van der Waals surface area contributed by atoms with Gasteiger partial charge in [0.05, 0.1) is 18.0 Å². The molecule has 2 aromatic rings. The molecule has 0 saturated carbocycles. The summed E-state index contributed by atoms with van der Waals surface area (Å²) in [7, 11) is 0. The third-order valence-electron chi connectivity index (χ3n) is 2.45. The number of rotatable bonds is 5. The third-order valence-corrected chi connectivity index (χ3v) is 2.45. The van der Waals surface area contributed by atoms with Crippen molar-refractivity contribution in [1.82, 2.24) is 0 Å². The summed E-state index contributed by atoms with van der Waals surface area (Å²) in [5, 5.41) is 3.07. The number of alkyl halides is 2. The molecule has 0 fully saturated rings. The van der Waals surface area contributed by atoms with Crippen LogP contribution in [0.25, 0.3) is 0 Å². The molecule has 0 aliphatic heterocycles. The fourth-order valence-electron chi connectivity index (χ4n) is 1.63. The van der Waals surface area contributed by atoms with Crippen molar-refractivity contribution in [3.63, 3.8) is 0 Å². The van der Waals surface area contributed by atoms with Gasteiger partial charge in [-0.1, -0.05) is 12.1 Å². The minimum atomic E-state index is -2.84. The zero-order valence-corrected chi connectivity index (χ0v) is 9.77. The predicted molar refractivity (Wildman–Crippen MR) is 63.8 cm³/mol. The second-order valence-corrected chi connectivity index (χ2v) is 3.76. The number of anilines is 1. The Morgan fingerprint density at radius 2 is 1.94 bits per heavy atom. The summed E-state index contributed by atoms with van der Waals surface area (Å²) in [5.74, 6) is 0.841. The molecule has 1 unspecified atom stereocenters. The van der Waals surface area contributed by atoms with Gasteiger partial charge in [0, 0.05) is 0 Å². The van der Waals surface area contributed by atoms with Gasteiger partial charge in [-0.05, 0) is 31.2 Å². The van der Waals surface area contributed by atoms with Crippen LogP contribution in [0.5, 0.6) is 5.75 Å². The fraction of sp³-hybridized carbons (Fsp3) is 0.231. The largest absolute Gasteiger partial charge is 0.467 e. The molecule has 0 aliphatic rings. The van der Waals surface area contributed by atoms with Gasteiger partial charge in [-0.25, -0.2) is 0 Å². The van der Waals surface area contributed by atoms with Gasteiger partial charge in [0.1, 0.15) is 11.5 Å². The maximum Gasteiger partial charge on any atom is 0.387 e. The van der Waals surface area contributed by atoms with E-state index in [0.717, 1.165) is 5.76 Å². The smallest absolute Gasteiger partial charge is 0.387 e. The van der Waals surface area contributed by atoms with Crippen molar-refractivity contribution in [2.75, 3.05) is 5.32 Å². The molecule has 1 heterocycles. The first kappa shape index (κ1) is 12.4. The Labute approximate surface area is 103 Å². The zero-order valence-electron chi connectivity index (χ0n) is 9.77. The average molecular weight is 253 g/mol. The molecule has 1 aromatic heterocycles. The van der Waals surface area contributed by atoms with Crippen LogP contribution in [0.1, 0.15) is 18.7 Å². The predicted octanol–water partition coefficient (Wildman–Crippen LogP) is 4.05. The minimum Gasteiger partial charge on any atom is -0.467 e. The average Bonchev–Trinajstić information content (AvgIpc) is 2.84. The summed E-state index contributed by atoms with van der Waals surface area (Å²) in [6.45, 7) is -0.968. The summed E-state index contributed by atoms with van der Waals surface area (Å²) in [4.78, 5) is 0. The highest BCUT2D eigenvalue weighted by Gasteiger charge is 2.13. The number of hydrogen-bond donors (Lipinski definition) is 1. The van der Waals surface area contributed by atoms with Crippen LogP contribution in [0, 0.1) is 0 Å². The van der Waals surface area contributed by atoms with Crippen molar-refractivity contribution < 1.29 is 17.9 Å². The molecule has 0 bridgehead atoms. The Morgan fingerprint density at radius 1 is 1.17 bits per heavy atom. The number of halogens is 2. The van der Waals surface area contributed by atoms with Crippen LogP contribution < -0.4 is 10.1 Å². The van der Waals surface area contributed by atoms with Crippen LogP contribution >= 0.6 is 0 Å². The van der Waals surface area contributed by atoms with Crippen molar-refractivity contribution in [3.8, 4) is 5.75 Å². The molecule has 0 spiro atoms. The van der Waals surface area contributed by atoms with E-state index in [9.17, 15) is 8.78 Å². The summed E-state index contributed by atoms with van der Waals surface area (Å²) in [5.41, 5.74) is 0.502. The second-order valence-electron chi connectivity index (χ2n) is 3.76. The topological polar surface area (TPSA) is 34.4 Å². The van der Waals surface area contributed by atoms with Crippen molar-refractivity contribution in [1.29, 1.82) is 0 Å². The molecule has 1 N–H and O–H groups in total. The van der Waals surface area contributed by atoms with E-state index in [2.05, 4.69) is 10.1 Å².